The molecule has 7 nitrogen and oxygen atoms in total. The molecule has 0 fully saturated rings. The first-order valence-corrected chi connectivity index (χ1v) is 8.94. The van der Waals surface area contributed by atoms with E-state index in [-0.39, 0.29) is 28.9 Å². The molecule has 2 aromatic carbocycles. The molecule has 3 rings (SSSR count). The van der Waals surface area contributed by atoms with Crippen molar-refractivity contribution in [3.8, 4) is 11.5 Å². The second-order valence-corrected chi connectivity index (χ2v) is 6.67. The van der Waals surface area contributed by atoms with Crippen molar-refractivity contribution in [3.05, 3.63) is 62.2 Å². The molecular weight excluding hydrogens is 372 g/mol. The fourth-order valence-electron chi connectivity index (χ4n) is 3.03. The average molecular weight is 391 g/mol. The molecule has 1 atom stereocenters. The first-order valence-electron chi connectivity index (χ1n) is 8.56. The fourth-order valence-corrected chi connectivity index (χ4v) is 3.19. The SMILES string of the molecule is CCOc1cc2c(cc1CNC(=O)c1ccc(Cl)cc1[N+](=O)[O-])OC(C)C2. The molecule has 1 amide bonds. The van der Waals surface area contributed by atoms with E-state index < -0.39 is 10.8 Å². The number of nitro groups is 1. The minimum Gasteiger partial charge on any atom is -0.494 e. The van der Waals surface area contributed by atoms with E-state index in [4.69, 9.17) is 21.1 Å². The minimum atomic E-state index is -0.628. The van der Waals surface area contributed by atoms with Gasteiger partial charge in [-0.3, -0.25) is 14.9 Å². The zero-order valence-electron chi connectivity index (χ0n) is 15.0. The molecule has 0 aliphatic carbocycles. The summed E-state index contributed by atoms with van der Waals surface area (Å²) in [5.74, 6) is 0.878. The summed E-state index contributed by atoms with van der Waals surface area (Å²) in [5.41, 5.74) is 1.42. The molecule has 1 aliphatic heterocycles. The van der Waals surface area contributed by atoms with Gasteiger partial charge in [0.15, 0.2) is 0 Å². The van der Waals surface area contributed by atoms with Crippen LogP contribution in [0, 0.1) is 10.1 Å². The lowest BCUT2D eigenvalue weighted by Crippen LogP contribution is -2.24. The van der Waals surface area contributed by atoms with Gasteiger partial charge in [0.1, 0.15) is 23.2 Å². The summed E-state index contributed by atoms with van der Waals surface area (Å²) in [7, 11) is 0. The molecule has 0 spiro atoms. The lowest BCUT2D eigenvalue weighted by atomic mass is 10.1. The second-order valence-electron chi connectivity index (χ2n) is 6.23. The predicted octanol–water partition coefficient (Wildman–Crippen LogP) is 3.90. The Hall–Kier alpha value is -2.80. The molecule has 1 N–H and O–H groups in total. The predicted molar refractivity (Wildman–Crippen MR) is 101 cm³/mol. The lowest BCUT2D eigenvalue weighted by molar-refractivity contribution is -0.385. The van der Waals surface area contributed by atoms with Crippen LogP contribution in [0.1, 0.15) is 35.3 Å². The van der Waals surface area contributed by atoms with Gasteiger partial charge < -0.3 is 14.8 Å². The van der Waals surface area contributed by atoms with Crippen LogP contribution in [-0.4, -0.2) is 23.5 Å². The Bertz CT molecular complexity index is 900. The monoisotopic (exact) mass is 390 g/mol. The van der Waals surface area contributed by atoms with E-state index in [2.05, 4.69) is 5.32 Å². The lowest BCUT2D eigenvalue weighted by Gasteiger charge is -2.13. The van der Waals surface area contributed by atoms with Gasteiger partial charge in [0, 0.05) is 35.2 Å². The number of nitrogens with zero attached hydrogens (tertiary/aromatic N) is 1. The van der Waals surface area contributed by atoms with Gasteiger partial charge in [-0.2, -0.15) is 0 Å². The molecule has 0 radical (unpaired) electrons. The van der Waals surface area contributed by atoms with Crippen LogP contribution >= 0.6 is 11.6 Å². The summed E-state index contributed by atoms with van der Waals surface area (Å²) >= 11 is 5.79. The Kier molecular flexibility index (Phi) is 5.51. The van der Waals surface area contributed by atoms with E-state index in [0.29, 0.717) is 12.4 Å². The van der Waals surface area contributed by atoms with Crippen LogP contribution in [0.5, 0.6) is 11.5 Å². The number of halogens is 1. The first kappa shape index (κ1) is 19.0. The normalized spacial score (nSPS) is 15.0. The van der Waals surface area contributed by atoms with E-state index in [0.717, 1.165) is 29.4 Å². The molecule has 1 unspecified atom stereocenters. The highest BCUT2D eigenvalue weighted by Gasteiger charge is 2.23. The quantitative estimate of drug-likeness (QED) is 0.596. The molecule has 0 aromatic heterocycles. The molecule has 0 bridgehead atoms. The van der Waals surface area contributed by atoms with Gasteiger partial charge in [0.2, 0.25) is 0 Å². The van der Waals surface area contributed by atoms with Crippen molar-refractivity contribution in [1.29, 1.82) is 0 Å². The summed E-state index contributed by atoms with van der Waals surface area (Å²) in [5, 5.41) is 14.1. The summed E-state index contributed by atoms with van der Waals surface area (Å²) in [6.45, 7) is 4.50. The number of rotatable bonds is 6. The highest BCUT2D eigenvalue weighted by Crippen LogP contribution is 2.35. The number of amides is 1. The van der Waals surface area contributed by atoms with Gasteiger partial charge in [-0.15, -0.1) is 0 Å². The third-order valence-electron chi connectivity index (χ3n) is 4.22. The molecule has 27 heavy (non-hydrogen) atoms. The average Bonchev–Trinajstić information content (AvgIpc) is 2.98. The van der Waals surface area contributed by atoms with Gasteiger partial charge >= 0.3 is 0 Å². The summed E-state index contributed by atoms with van der Waals surface area (Å²) in [6.07, 6.45) is 0.898. The van der Waals surface area contributed by atoms with Crippen molar-refractivity contribution < 1.29 is 19.2 Å². The summed E-state index contributed by atoms with van der Waals surface area (Å²) in [6, 6.07) is 7.72. The number of carbonyl (C=O) groups excluding carboxylic acids is 1. The van der Waals surface area contributed by atoms with E-state index >= 15 is 0 Å². The third-order valence-corrected chi connectivity index (χ3v) is 4.45. The van der Waals surface area contributed by atoms with Gasteiger partial charge in [0.25, 0.3) is 11.6 Å². The zero-order valence-corrected chi connectivity index (χ0v) is 15.7. The second kappa shape index (κ2) is 7.84. The van der Waals surface area contributed by atoms with Gasteiger partial charge in [-0.1, -0.05) is 11.6 Å². The standard InChI is InChI=1S/C19H19ClN2O5/c1-3-26-17-7-12-6-11(2)27-18(12)8-13(17)10-21-19(23)15-5-4-14(20)9-16(15)22(24)25/h4-5,7-9,11H,3,6,10H2,1-2H3,(H,21,23). The molecule has 1 aliphatic rings. The minimum absolute atomic E-state index is 0.0478. The van der Waals surface area contributed by atoms with E-state index in [1.54, 1.807) is 0 Å². The first-order chi connectivity index (χ1) is 12.9. The van der Waals surface area contributed by atoms with Crippen molar-refractivity contribution >= 4 is 23.2 Å². The van der Waals surface area contributed by atoms with Crippen molar-refractivity contribution in [2.75, 3.05) is 6.61 Å². The smallest absolute Gasteiger partial charge is 0.283 e. The number of carbonyl (C=O) groups is 1. The molecule has 8 heteroatoms. The Morgan fingerprint density at radius 2 is 2.19 bits per heavy atom. The van der Waals surface area contributed by atoms with Crippen molar-refractivity contribution in [1.82, 2.24) is 5.32 Å². The highest BCUT2D eigenvalue weighted by atomic mass is 35.5. The zero-order chi connectivity index (χ0) is 19.6. The van der Waals surface area contributed by atoms with E-state index in [1.165, 1.54) is 12.1 Å². The summed E-state index contributed by atoms with van der Waals surface area (Å²) in [4.78, 5) is 23.0. The topological polar surface area (TPSA) is 90.7 Å². The Morgan fingerprint density at radius 3 is 2.89 bits per heavy atom. The highest BCUT2D eigenvalue weighted by molar-refractivity contribution is 6.31. The number of hydrogen-bond acceptors (Lipinski definition) is 5. The van der Waals surface area contributed by atoms with Gasteiger partial charge in [-0.25, -0.2) is 0 Å². The third kappa shape index (κ3) is 4.14. The number of nitrogens with one attached hydrogen (secondary N) is 1. The molecule has 1 heterocycles. The largest absolute Gasteiger partial charge is 0.494 e. The van der Waals surface area contributed by atoms with Crippen LogP contribution in [0.25, 0.3) is 0 Å². The van der Waals surface area contributed by atoms with Crippen LogP contribution in [-0.2, 0) is 13.0 Å². The van der Waals surface area contributed by atoms with Crippen LogP contribution in [0.4, 0.5) is 5.69 Å². The molecule has 142 valence electrons. The molecular formula is C19H19ClN2O5. The van der Waals surface area contributed by atoms with Crippen molar-refractivity contribution in [3.63, 3.8) is 0 Å². The van der Waals surface area contributed by atoms with Gasteiger partial charge in [-0.05, 0) is 38.1 Å². The number of nitro benzene ring substituents is 1. The van der Waals surface area contributed by atoms with E-state index in [9.17, 15) is 14.9 Å². The van der Waals surface area contributed by atoms with Crippen molar-refractivity contribution in [2.45, 2.75) is 32.9 Å². The molecule has 2 aromatic rings. The Labute approximate surface area is 161 Å². The number of hydrogen-bond donors (Lipinski definition) is 1. The van der Waals surface area contributed by atoms with Crippen LogP contribution in [0.3, 0.4) is 0 Å². The van der Waals surface area contributed by atoms with Gasteiger partial charge in [0.05, 0.1) is 11.5 Å². The van der Waals surface area contributed by atoms with E-state index in [1.807, 2.05) is 26.0 Å². The number of ether oxygens (including phenoxy) is 2. The number of benzene rings is 2. The number of fused-ring (bicyclic) bond motifs is 1. The molecule has 0 saturated heterocycles. The Balaban J connectivity index is 1.82. The Morgan fingerprint density at radius 1 is 1.41 bits per heavy atom. The van der Waals surface area contributed by atoms with Crippen molar-refractivity contribution in [2.24, 2.45) is 0 Å². The fraction of sp³-hybridized carbons (Fsp3) is 0.316. The maximum Gasteiger partial charge on any atom is 0.283 e. The maximum atomic E-state index is 12.5. The molecule has 0 saturated carbocycles. The van der Waals surface area contributed by atoms with Crippen LogP contribution < -0.4 is 14.8 Å². The van der Waals surface area contributed by atoms with Crippen LogP contribution in [0.15, 0.2) is 30.3 Å². The maximum absolute atomic E-state index is 12.5. The van der Waals surface area contributed by atoms with Crippen LogP contribution in [0.2, 0.25) is 5.02 Å². The summed E-state index contributed by atoms with van der Waals surface area (Å²) < 4.78 is 11.4.